The van der Waals surface area contributed by atoms with Crippen LogP contribution < -0.4 is 21.3 Å². The average Bonchev–Trinajstić information content (AvgIpc) is 2.78. The first-order valence-corrected chi connectivity index (χ1v) is 11.7. The van der Waals surface area contributed by atoms with Crippen LogP contribution in [0, 0.1) is 0 Å². The summed E-state index contributed by atoms with van der Waals surface area (Å²) in [6, 6.07) is 13.5. The molecule has 7 nitrogen and oxygen atoms in total. The van der Waals surface area contributed by atoms with Crippen molar-refractivity contribution in [3.05, 3.63) is 65.7 Å². The quantitative estimate of drug-likeness (QED) is 0.430. The van der Waals surface area contributed by atoms with Gasteiger partial charge in [0.05, 0.1) is 11.3 Å². The van der Waals surface area contributed by atoms with E-state index in [1.54, 1.807) is 0 Å². The molecule has 0 radical (unpaired) electrons. The number of thioether (sulfide) groups is 1. The lowest BCUT2D eigenvalue weighted by atomic mass is 10.1. The van der Waals surface area contributed by atoms with Crippen LogP contribution in [0.15, 0.2) is 54.6 Å². The van der Waals surface area contributed by atoms with Gasteiger partial charge in [0.1, 0.15) is 5.50 Å². The summed E-state index contributed by atoms with van der Waals surface area (Å²) in [5.41, 5.74) is -0.0147. The molecule has 2 unspecified atom stereocenters. The lowest BCUT2D eigenvalue weighted by molar-refractivity contribution is -0.137. The van der Waals surface area contributed by atoms with E-state index in [1.807, 2.05) is 30.3 Å². The summed E-state index contributed by atoms with van der Waals surface area (Å²) in [4.78, 5) is 36.4. The number of carbonyl (C=O) groups is 3. The van der Waals surface area contributed by atoms with Crippen LogP contribution in [0.3, 0.4) is 0 Å². The highest BCUT2D eigenvalue weighted by Gasteiger charge is 2.30. The third kappa shape index (κ3) is 8.38. The Bertz CT molecular complexity index is 987. The van der Waals surface area contributed by atoms with Crippen LogP contribution in [-0.2, 0) is 27.0 Å². The van der Waals surface area contributed by atoms with Crippen molar-refractivity contribution >= 4 is 35.2 Å². The van der Waals surface area contributed by atoms with Gasteiger partial charge in [0.25, 0.3) is 0 Å². The number of hydrogen-bond acceptors (Lipinski definition) is 5. The molecule has 1 aliphatic rings. The minimum atomic E-state index is -4.45. The van der Waals surface area contributed by atoms with Gasteiger partial charge in [-0.05, 0) is 36.2 Å². The van der Waals surface area contributed by atoms with Gasteiger partial charge in [-0.2, -0.15) is 13.2 Å². The van der Waals surface area contributed by atoms with Gasteiger partial charge in [-0.1, -0.05) is 30.3 Å². The Morgan fingerprint density at radius 3 is 2.41 bits per heavy atom. The van der Waals surface area contributed by atoms with Gasteiger partial charge in [-0.15, -0.1) is 11.8 Å². The summed E-state index contributed by atoms with van der Waals surface area (Å²) >= 11 is 1.12. The van der Waals surface area contributed by atoms with Crippen LogP contribution in [0.1, 0.15) is 24.0 Å². The van der Waals surface area contributed by atoms with Crippen molar-refractivity contribution in [2.45, 2.75) is 37.0 Å². The molecule has 3 amide bonds. The fourth-order valence-corrected chi connectivity index (χ4v) is 4.24. The molecule has 0 spiro atoms. The number of halogens is 3. The third-order valence-corrected chi connectivity index (χ3v) is 6.01. The summed E-state index contributed by atoms with van der Waals surface area (Å²) in [7, 11) is 0. The van der Waals surface area contributed by atoms with E-state index in [0.29, 0.717) is 13.0 Å². The molecule has 4 N–H and O–H groups in total. The fraction of sp³-hybridized carbons (Fsp3) is 0.348. The molecule has 0 aromatic heterocycles. The zero-order chi connectivity index (χ0) is 24.6. The molecule has 1 heterocycles. The van der Waals surface area contributed by atoms with Crippen molar-refractivity contribution in [2.75, 3.05) is 17.6 Å². The lowest BCUT2D eigenvalue weighted by Gasteiger charge is -2.30. The highest BCUT2D eigenvalue weighted by atomic mass is 32.2. The SMILES string of the molecule is O=C(CC1CC(=O)NC(SCC(=O)Nc2ccc(C(F)(F)F)cc2)N1)NCCc1ccccc1. The topological polar surface area (TPSA) is 99.3 Å². The number of nitrogens with one attached hydrogen (secondary N) is 4. The minimum absolute atomic E-state index is 0.0467. The Hall–Kier alpha value is -3.05. The van der Waals surface area contributed by atoms with Crippen LogP contribution in [0.25, 0.3) is 0 Å². The summed E-state index contributed by atoms with van der Waals surface area (Å²) in [5, 5.41) is 11.2. The predicted octanol–water partition coefficient (Wildman–Crippen LogP) is 2.89. The van der Waals surface area contributed by atoms with Crippen molar-refractivity contribution in [1.29, 1.82) is 0 Å². The predicted molar refractivity (Wildman–Crippen MR) is 124 cm³/mol. The first kappa shape index (κ1) is 25.6. The molecule has 0 saturated carbocycles. The number of anilines is 1. The van der Waals surface area contributed by atoms with Gasteiger partial charge in [-0.3, -0.25) is 19.7 Å². The molecule has 1 fully saturated rings. The number of carbonyl (C=O) groups excluding carboxylic acids is 3. The molecule has 2 aromatic rings. The van der Waals surface area contributed by atoms with E-state index < -0.39 is 23.1 Å². The second kappa shape index (κ2) is 11.9. The van der Waals surface area contributed by atoms with Crippen LogP contribution in [0.5, 0.6) is 0 Å². The highest BCUT2D eigenvalue weighted by Crippen LogP contribution is 2.29. The molecule has 182 valence electrons. The molecule has 11 heteroatoms. The van der Waals surface area contributed by atoms with E-state index in [2.05, 4.69) is 21.3 Å². The van der Waals surface area contributed by atoms with Crippen LogP contribution in [-0.4, -0.2) is 41.6 Å². The van der Waals surface area contributed by atoms with E-state index in [0.717, 1.165) is 29.5 Å². The monoisotopic (exact) mass is 494 g/mol. The van der Waals surface area contributed by atoms with Crippen molar-refractivity contribution in [1.82, 2.24) is 16.0 Å². The van der Waals surface area contributed by atoms with E-state index >= 15 is 0 Å². The number of hydrogen-bond donors (Lipinski definition) is 4. The number of rotatable bonds is 9. The first-order valence-electron chi connectivity index (χ1n) is 10.6. The van der Waals surface area contributed by atoms with Gasteiger partial charge in [0.15, 0.2) is 0 Å². The normalized spacial score (nSPS) is 18.1. The standard InChI is InChI=1S/C23H25F3N4O3S/c24-23(25,26)16-6-8-17(9-7-16)28-21(33)14-34-22-29-18(13-20(32)30-22)12-19(31)27-11-10-15-4-2-1-3-5-15/h1-9,18,22,29H,10-14H2,(H,27,31)(H,28,33)(H,30,32). The Morgan fingerprint density at radius 2 is 1.74 bits per heavy atom. The van der Waals surface area contributed by atoms with Crippen molar-refractivity contribution in [2.24, 2.45) is 0 Å². The highest BCUT2D eigenvalue weighted by molar-refractivity contribution is 8.00. The molecular formula is C23H25F3N4O3S. The van der Waals surface area contributed by atoms with Gasteiger partial charge in [-0.25, -0.2) is 0 Å². The Morgan fingerprint density at radius 1 is 1.03 bits per heavy atom. The maximum Gasteiger partial charge on any atom is 0.416 e. The van der Waals surface area contributed by atoms with Crippen LogP contribution >= 0.6 is 11.8 Å². The third-order valence-electron chi connectivity index (χ3n) is 5.00. The fourth-order valence-electron chi connectivity index (χ4n) is 3.35. The molecule has 2 aromatic carbocycles. The molecule has 34 heavy (non-hydrogen) atoms. The molecule has 3 rings (SSSR count). The molecule has 0 aliphatic carbocycles. The Balaban J connectivity index is 1.39. The van der Waals surface area contributed by atoms with Crippen molar-refractivity contribution < 1.29 is 27.6 Å². The summed E-state index contributed by atoms with van der Waals surface area (Å²) in [5.74, 6) is -0.885. The molecule has 1 aliphatic heterocycles. The number of alkyl halides is 3. The Kier molecular flexibility index (Phi) is 8.94. The zero-order valence-electron chi connectivity index (χ0n) is 18.2. The smallest absolute Gasteiger partial charge is 0.356 e. The number of benzene rings is 2. The zero-order valence-corrected chi connectivity index (χ0v) is 19.0. The van der Waals surface area contributed by atoms with Gasteiger partial charge < -0.3 is 16.0 Å². The van der Waals surface area contributed by atoms with E-state index in [-0.39, 0.29) is 42.1 Å². The van der Waals surface area contributed by atoms with Gasteiger partial charge in [0.2, 0.25) is 17.7 Å². The summed E-state index contributed by atoms with van der Waals surface area (Å²) in [6.45, 7) is 0.490. The van der Waals surface area contributed by atoms with Gasteiger partial charge >= 0.3 is 6.18 Å². The number of amides is 3. The second-order valence-corrected chi connectivity index (χ2v) is 8.83. The Labute approximate surface area is 199 Å². The average molecular weight is 495 g/mol. The maximum absolute atomic E-state index is 12.6. The minimum Gasteiger partial charge on any atom is -0.356 e. The molecule has 2 atom stereocenters. The van der Waals surface area contributed by atoms with E-state index in [1.165, 1.54) is 12.1 Å². The molecular weight excluding hydrogens is 469 g/mol. The van der Waals surface area contributed by atoms with E-state index in [9.17, 15) is 27.6 Å². The van der Waals surface area contributed by atoms with Crippen LogP contribution in [0.4, 0.5) is 18.9 Å². The lowest BCUT2D eigenvalue weighted by Crippen LogP contribution is -2.56. The first-order chi connectivity index (χ1) is 16.2. The second-order valence-electron chi connectivity index (χ2n) is 7.74. The largest absolute Gasteiger partial charge is 0.416 e. The summed E-state index contributed by atoms with van der Waals surface area (Å²) in [6.07, 6.45) is -3.48. The molecule has 1 saturated heterocycles. The van der Waals surface area contributed by atoms with E-state index in [4.69, 9.17) is 0 Å². The van der Waals surface area contributed by atoms with Crippen LogP contribution in [0.2, 0.25) is 0 Å². The van der Waals surface area contributed by atoms with Crippen molar-refractivity contribution in [3.8, 4) is 0 Å². The maximum atomic E-state index is 12.6. The molecule has 0 bridgehead atoms. The van der Waals surface area contributed by atoms with Crippen molar-refractivity contribution in [3.63, 3.8) is 0 Å². The summed E-state index contributed by atoms with van der Waals surface area (Å²) < 4.78 is 37.9. The van der Waals surface area contributed by atoms with Gasteiger partial charge in [0, 0.05) is 31.1 Å².